The van der Waals surface area contributed by atoms with Crippen LogP contribution in [0.4, 0.5) is 11.4 Å². The Balaban J connectivity index is 1.95. The number of nitrogens with one attached hydrogen (secondary N) is 1. The zero-order chi connectivity index (χ0) is 11.8. The summed E-state index contributed by atoms with van der Waals surface area (Å²) in [5.41, 5.74) is 0.899. The van der Waals surface area contributed by atoms with Gasteiger partial charge in [0.15, 0.2) is 0 Å². The van der Waals surface area contributed by atoms with Gasteiger partial charge in [-0.2, -0.15) is 0 Å². The van der Waals surface area contributed by atoms with Crippen molar-refractivity contribution in [3.05, 3.63) is 40.5 Å². The van der Waals surface area contributed by atoms with Gasteiger partial charge in [0.25, 0.3) is 5.69 Å². The van der Waals surface area contributed by atoms with Crippen molar-refractivity contribution in [1.82, 2.24) is 0 Å². The fourth-order valence-electron chi connectivity index (χ4n) is 2.27. The van der Waals surface area contributed by atoms with Crippen LogP contribution in [0.3, 0.4) is 0 Å². The molecule has 2 atom stereocenters. The lowest BCUT2D eigenvalue weighted by Gasteiger charge is -2.35. The van der Waals surface area contributed by atoms with Gasteiger partial charge in [-0.25, -0.2) is 0 Å². The van der Waals surface area contributed by atoms with Crippen molar-refractivity contribution in [3.63, 3.8) is 0 Å². The number of benzene rings is 1. The van der Waals surface area contributed by atoms with Gasteiger partial charge in [0, 0.05) is 6.07 Å². The molecule has 0 saturated carbocycles. The Morgan fingerprint density at radius 1 is 1.47 bits per heavy atom. The van der Waals surface area contributed by atoms with Crippen LogP contribution < -0.4 is 10.1 Å². The summed E-state index contributed by atoms with van der Waals surface area (Å²) < 4.78 is 5.77. The highest BCUT2D eigenvalue weighted by Gasteiger charge is 2.29. The number of nitro benzene ring substituents is 1. The minimum absolute atomic E-state index is 0.0155. The Labute approximate surface area is 98.2 Å². The zero-order valence-electron chi connectivity index (χ0n) is 9.13. The van der Waals surface area contributed by atoms with E-state index >= 15 is 0 Å². The summed E-state index contributed by atoms with van der Waals surface area (Å²) in [6, 6.07) is 4.95. The van der Waals surface area contributed by atoms with Gasteiger partial charge in [0.05, 0.1) is 22.7 Å². The average molecular weight is 232 g/mol. The van der Waals surface area contributed by atoms with Crippen LogP contribution in [-0.2, 0) is 0 Å². The highest BCUT2D eigenvalue weighted by atomic mass is 16.6. The zero-order valence-corrected chi connectivity index (χ0v) is 9.13. The molecule has 2 unspecified atom stereocenters. The Morgan fingerprint density at radius 3 is 3.18 bits per heavy atom. The summed E-state index contributed by atoms with van der Waals surface area (Å²) in [4.78, 5) is 10.3. The molecule has 1 aliphatic heterocycles. The van der Waals surface area contributed by atoms with E-state index < -0.39 is 4.92 Å². The van der Waals surface area contributed by atoms with E-state index in [0.29, 0.717) is 5.75 Å². The Morgan fingerprint density at radius 2 is 2.35 bits per heavy atom. The summed E-state index contributed by atoms with van der Waals surface area (Å²) in [5, 5.41) is 14.1. The van der Waals surface area contributed by atoms with Gasteiger partial charge in [-0.1, -0.05) is 6.08 Å². The largest absolute Gasteiger partial charge is 0.482 e. The lowest BCUT2D eigenvalue weighted by Crippen LogP contribution is -2.41. The first-order valence-corrected chi connectivity index (χ1v) is 5.62. The number of fused-ring (bicyclic) bond motifs is 2. The fourth-order valence-corrected chi connectivity index (χ4v) is 2.27. The monoisotopic (exact) mass is 232 g/mol. The molecule has 0 aromatic heterocycles. The topological polar surface area (TPSA) is 64.4 Å². The van der Waals surface area contributed by atoms with Crippen molar-refractivity contribution in [3.8, 4) is 5.75 Å². The molecular formula is C12H12N2O3. The third-order valence-electron chi connectivity index (χ3n) is 3.15. The van der Waals surface area contributed by atoms with E-state index in [9.17, 15) is 10.1 Å². The van der Waals surface area contributed by atoms with Gasteiger partial charge in [0.1, 0.15) is 11.9 Å². The van der Waals surface area contributed by atoms with E-state index in [0.717, 1.165) is 18.5 Å². The van der Waals surface area contributed by atoms with Crippen LogP contribution in [0.15, 0.2) is 30.4 Å². The molecule has 0 amide bonds. The molecule has 5 heteroatoms. The highest BCUT2D eigenvalue weighted by molar-refractivity contribution is 5.63. The summed E-state index contributed by atoms with van der Waals surface area (Å²) in [6.45, 7) is 0. The Kier molecular flexibility index (Phi) is 2.24. The minimum Gasteiger partial charge on any atom is -0.482 e. The maximum Gasteiger partial charge on any atom is 0.273 e. The third kappa shape index (κ3) is 1.73. The second-order valence-electron chi connectivity index (χ2n) is 4.28. The van der Waals surface area contributed by atoms with Crippen molar-refractivity contribution < 1.29 is 9.66 Å². The van der Waals surface area contributed by atoms with Gasteiger partial charge >= 0.3 is 0 Å². The molecule has 0 radical (unpaired) electrons. The van der Waals surface area contributed by atoms with Crippen LogP contribution >= 0.6 is 0 Å². The smallest absolute Gasteiger partial charge is 0.273 e. The van der Waals surface area contributed by atoms with Gasteiger partial charge in [-0.05, 0) is 25.0 Å². The molecule has 1 heterocycles. The summed E-state index contributed by atoms with van der Waals surface area (Å²) in [5.74, 6) is 0.562. The average Bonchev–Trinajstić information content (AvgIpc) is 2.35. The Bertz CT molecular complexity index is 499. The van der Waals surface area contributed by atoms with Crippen LogP contribution in [0.25, 0.3) is 0 Å². The number of nitro groups is 1. The van der Waals surface area contributed by atoms with Gasteiger partial charge < -0.3 is 10.1 Å². The third-order valence-corrected chi connectivity index (χ3v) is 3.15. The first-order valence-electron chi connectivity index (χ1n) is 5.62. The first-order chi connectivity index (χ1) is 8.24. The highest BCUT2D eigenvalue weighted by Crippen LogP contribution is 2.36. The van der Waals surface area contributed by atoms with Crippen LogP contribution in [0.1, 0.15) is 12.8 Å². The van der Waals surface area contributed by atoms with E-state index in [1.165, 1.54) is 12.1 Å². The number of nitrogens with zero attached hydrogens (tertiary/aromatic N) is 1. The van der Waals surface area contributed by atoms with E-state index in [2.05, 4.69) is 11.4 Å². The van der Waals surface area contributed by atoms with Crippen LogP contribution in [-0.4, -0.2) is 17.1 Å². The van der Waals surface area contributed by atoms with Gasteiger partial charge in [-0.3, -0.25) is 10.1 Å². The summed E-state index contributed by atoms with van der Waals surface area (Å²) >= 11 is 0. The molecular weight excluding hydrogens is 220 g/mol. The number of ether oxygens (including phenoxy) is 1. The molecule has 1 aromatic carbocycles. The molecule has 88 valence electrons. The SMILES string of the molecule is O=[N+]([O-])c1ccc2c(c1)OC1C=CCCC1N2. The van der Waals surface area contributed by atoms with Crippen molar-refractivity contribution in [2.24, 2.45) is 0 Å². The van der Waals surface area contributed by atoms with E-state index in [1.807, 2.05) is 6.08 Å². The van der Waals surface area contributed by atoms with Crippen molar-refractivity contribution in [2.45, 2.75) is 25.0 Å². The van der Waals surface area contributed by atoms with Crippen molar-refractivity contribution in [1.29, 1.82) is 0 Å². The first kappa shape index (κ1) is 10.1. The van der Waals surface area contributed by atoms with Crippen molar-refractivity contribution in [2.75, 3.05) is 5.32 Å². The molecule has 0 saturated heterocycles. The second-order valence-corrected chi connectivity index (χ2v) is 4.28. The molecule has 17 heavy (non-hydrogen) atoms. The molecule has 1 aliphatic carbocycles. The lowest BCUT2D eigenvalue weighted by molar-refractivity contribution is -0.384. The number of hydrogen-bond acceptors (Lipinski definition) is 4. The minimum atomic E-state index is -0.410. The molecule has 2 aliphatic rings. The molecule has 1 aromatic rings. The van der Waals surface area contributed by atoms with Gasteiger partial charge in [0.2, 0.25) is 0 Å². The Hall–Kier alpha value is -2.04. The van der Waals surface area contributed by atoms with E-state index in [-0.39, 0.29) is 17.8 Å². The van der Waals surface area contributed by atoms with E-state index in [4.69, 9.17) is 4.74 Å². The predicted octanol–water partition coefficient (Wildman–Crippen LogP) is 2.49. The number of anilines is 1. The molecule has 1 N–H and O–H groups in total. The number of non-ortho nitro benzene ring substituents is 1. The van der Waals surface area contributed by atoms with Crippen LogP contribution in [0.2, 0.25) is 0 Å². The number of hydrogen-bond donors (Lipinski definition) is 1. The van der Waals surface area contributed by atoms with Gasteiger partial charge in [-0.15, -0.1) is 0 Å². The molecule has 5 nitrogen and oxygen atoms in total. The fraction of sp³-hybridized carbons (Fsp3) is 0.333. The summed E-state index contributed by atoms with van der Waals surface area (Å²) in [6.07, 6.45) is 6.16. The molecule has 0 spiro atoms. The normalized spacial score (nSPS) is 25.2. The number of allylic oxidation sites excluding steroid dienone is 1. The lowest BCUT2D eigenvalue weighted by atomic mass is 9.97. The standard InChI is InChI=1S/C12H12N2O3/c15-14(16)8-5-6-10-12(7-8)17-11-4-2-1-3-9(11)13-10/h2,4-7,9,11,13H,1,3H2. The number of rotatable bonds is 1. The predicted molar refractivity (Wildman–Crippen MR) is 63.3 cm³/mol. The second kappa shape index (κ2) is 3.76. The molecule has 0 fully saturated rings. The van der Waals surface area contributed by atoms with Crippen molar-refractivity contribution >= 4 is 11.4 Å². The quantitative estimate of drug-likeness (QED) is 0.459. The van der Waals surface area contributed by atoms with E-state index in [1.54, 1.807) is 6.07 Å². The maximum absolute atomic E-state index is 10.7. The van der Waals surface area contributed by atoms with Crippen LogP contribution in [0.5, 0.6) is 5.75 Å². The molecule has 3 rings (SSSR count). The maximum atomic E-state index is 10.7. The molecule has 0 bridgehead atoms. The van der Waals surface area contributed by atoms with Crippen LogP contribution in [0, 0.1) is 10.1 Å². The summed E-state index contributed by atoms with van der Waals surface area (Å²) in [7, 11) is 0.